The summed E-state index contributed by atoms with van der Waals surface area (Å²) in [6.07, 6.45) is 0. The van der Waals surface area contributed by atoms with E-state index in [4.69, 9.17) is 0 Å². The number of benzene rings is 3. The predicted octanol–water partition coefficient (Wildman–Crippen LogP) is 4.73. The Balaban J connectivity index is 1.62. The highest BCUT2D eigenvalue weighted by atomic mass is 79.9. The molecule has 2 atom stereocenters. The lowest BCUT2D eigenvalue weighted by atomic mass is 9.86. The number of aryl methyl sites for hydroxylation is 2. The molecule has 34 heavy (non-hydrogen) atoms. The SMILES string of the molecule is Cc1ccc(N2C(=O)[C@@H](N3C(=O)c4cccc([N+](=O)[O-])c4C3=O)[C@H]2c2cccc(Br)c2)cc1C. The summed E-state index contributed by atoms with van der Waals surface area (Å²) < 4.78 is 0.779. The molecule has 0 aromatic heterocycles. The molecule has 0 radical (unpaired) electrons. The fraction of sp³-hybridized carbons (Fsp3) is 0.160. The Bertz CT molecular complexity index is 1420. The fourth-order valence-electron chi connectivity index (χ4n) is 4.60. The Labute approximate surface area is 203 Å². The van der Waals surface area contributed by atoms with Crippen molar-refractivity contribution in [2.45, 2.75) is 25.9 Å². The lowest BCUT2D eigenvalue weighted by Gasteiger charge is -2.50. The van der Waals surface area contributed by atoms with Crippen LogP contribution in [0.4, 0.5) is 11.4 Å². The number of nitro benzene ring substituents is 1. The van der Waals surface area contributed by atoms with E-state index in [1.807, 2.05) is 56.3 Å². The van der Waals surface area contributed by atoms with Crippen molar-refractivity contribution in [1.82, 2.24) is 4.90 Å². The highest BCUT2D eigenvalue weighted by Gasteiger charge is 2.58. The van der Waals surface area contributed by atoms with Gasteiger partial charge in [0, 0.05) is 16.2 Å². The number of nitrogens with zero attached hydrogens (tertiary/aromatic N) is 3. The summed E-state index contributed by atoms with van der Waals surface area (Å²) in [6, 6.07) is 15.1. The van der Waals surface area contributed by atoms with Crippen molar-refractivity contribution in [3.63, 3.8) is 0 Å². The minimum absolute atomic E-state index is 0.0652. The Hall–Kier alpha value is -3.85. The monoisotopic (exact) mass is 519 g/mol. The number of anilines is 1. The summed E-state index contributed by atoms with van der Waals surface area (Å²) in [5.41, 5.74) is 2.65. The van der Waals surface area contributed by atoms with Crippen LogP contribution in [-0.4, -0.2) is 33.6 Å². The summed E-state index contributed by atoms with van der Waals surface area (Å²) >= 11 is 3.45. The molecule has 0 N–H and O–H groups in total. The third-order valence-electron chi connectivity index (χ3n) is 6.43. The van der Waals surface area contributed by atoms with E-state index >= 15 is 0 Å². The van der Waals surface area contributed by atoms with E-state index in [9.17, 15) is 24.5 Å². The molecule has 0 spiro atoms. The van der Waals surface area contributed by atoms with Gasteiger partial charge in [-0.3, -0.25) is 29.4 Å². The maximum Gasteiger partial charge on any atom is 0.282 e. The molecule has 0 unspecified atom stereocenters. The van der Waals surface area contributed by atoms with Gasteiger partial charge in [0.1, 0.15) is 11.6 Å². The number of fused-ring (bicyclic) bond motifs is 1. The van der Waals surface area contributed by atoms with Crippen LogP contribution in [0.2, 0.25) is 0 Å². The molecule has 2 aliphatic heterocycles. The molecule has 8 nitrogen and oxygen atoms in total. The van der Waals surface area contributed by atoms with Crippen LogP contribution >= 0.6 is 15.9 Å². The number of imide groups is 1. The zero-order chi connectivity index (χ0) is 24.3. The number of hydrogen-bond donors (Lipinski definition) is 0. The van der Waals surface area contributed by atoms with Crippen molar-refractivity contribution in [2.24, 2.45) is 0 Å². The van der Waals surface area contributed by atoms with Gasteiger partial charge in [-0.15, -0.1) is 0 Å². The van der Waals surface area contributed by atoms with Crippen molar-refractivity contribution in [3.8, 4) is 0 Å². The molecule has 1 fully saturated rings. The molecular formula is C25H18BrN3O5. The number of carbonyl (C=O) groups excluding carboxylic acids is 3. The van der Waals surface area contributed by atoms with Crippen LogP contribution in [-0.2, 0) is 4.79 Å². The summed E-state index contributed by atoms with van der Waals surface area (Å²) in [6.45, 7) is 3.91. The van der Waals surface area contributed by atoms with Gasteiger partial charge in [-0.1, -0.05) is 40.2 Å². The Morgan fingerprint density at radius 1 is 0.853 bits per heavy atom. The van der Waals surface area contributed by atoms with Crippen molar-refractivity contribution >= 4 is 45.0 Å². The molecule has 3 aromatic carbocycles. The quantitative estimate of drug-likeness (QED) is 0.214. The van der Waals surface area contributed by atoms with Gasteiger partial charge in [0.05, 0.1) is 16.5 Å². The lowest BCUT2D eigenvalue weighted by Crippen LogP contribution is -2.67. The topological polar surface area (TPSA) is 101 Å². The maximum absolute atomic E-state index is 13.5. The summed E-state index contributed by atoms with van der Waals surface area (Å²) in [4.78, 5) is 53.3. The highest BCUT2D eigenvalue weighted by Crippen LogP contribution is 2.45. The van der Waals surface area contributed by atoms with Crippen molar-refractivity contribution in [3.05, 3.63) is 103 Å². The van der Waals surface area contributed by atoms with E-state index in [2.05, 4.69) is 15.9 Å². The normalized spacial score (nSPS) is 19.3. The first-order valence-corrected chi connectivity index (χ1v) is 11.3. The van der Waals surface area contributed by atoms with Crippen molar-refractivity contribution in [1.29, 1.82) is 0 Å². The van der Waals surface area contributed by atoms with E-state index < -0.39 is 40.4 Å². The van der Waals surface area contributed by atoms with Gasteiger partial charge in [-0.2, -0.15) is 0 Å². The molecule has 2 heterocycles. The maximum atomic E-state index is 13.5. The average Bonchev–Trinajstić information content (AvgIpc) is 3.05. The molecule has 2 aliphatic rings. The zero-order valence-corrected chi connectivity index (χ0v) is 19.8. The van der Waals surface area contributed by atoms with Gasteiger partial charge in [0.15, 0.2) is 0 Å². The van der Waals surface area contributed by atoms with Crippen LogP contribution in [0.1, 0.15) is 43.4 Å². The Morgan fingerprint density at radius 2 is 1.59 bits per heavy atom. The average molecular weight is 520 g/mol. The number of rotatable bonds is 4. The lowest BCUT2D eigenvalue weighted by molar-refractivity contribution is -0.385. The largest absolute Gasteiger partial charge is 0.300 e. The third-order valence-corrected chi connectivity index (χ3v) is 6.92. The van der Waals surface area contributed by atoms with Crippen LogP contribution in [0, 0.1) is 24.0 Å². The van der Waals surface area contributed by atoms with Gasteiger partial charge >= 0.3 is 0 Å². The smallest absolute Gasteiger partial charge is 0.282 e. The van der Waals surface area contributed by atoms with Gasteiger partial charge in [-0.05, 0) is 60.9 Å². The number of halogens is 1. The molecular weight excluding hydrogens is 502 g/mol. The minimum Gasteiger partial charge on any atom is -0.300 e. The zero-order valence-electron chi connectivity index (χ0n) is 18.2. The fourth-order valence-corrected chi connectivity index (χ4v) is 5.02. The van der Waals surface area contributed by atoms with Crippen LogP contribution < -0.4 is 4.90 Å². The van der Waals surface area contributed by atoms with E-state index in [1.54, 1.807) is 4.90 Å². The molecule has 170 valence electrons. The van der Waals surface area contributed by atoms with Crippen molar-refractivity contribution < 1.29 is 19.3 Å². The molecule has 0 saturated carbocycles. The second-order valence-corrected chi connectivity index (χ2v) is 9.27. The van der Waals surface area contributed by atoms with Gasteiger partial charge in [0.25, 0.3) is 23.4 Å². The molecule has 9 heteroatoms. The van der Waals surface area contributed by atoms with Gasteiger partial charge in [0.2, 0.25) is 0 Å². The third kappa shape index (κ3) is 3.15. The summed E-state index contributed by atoms with van der Waals surface area (Å²) in [5, 5.41) is 11.5. The van der Waals surface area contributed by atoms with E-state index in [0.717, 1.165) is 26.1 Å². The second kappa shape index (κ2) is 7.88. The summed E-state index contributed by atoms with van der Waals surface area (Å²) in [7, 11) is 0. The first-order chi connectivity index (χ1) is 16.2. The van der Waals surface area contributed by atoms with E-state index in [1.165, 1.54) is 18.2 Å². The standard InChI is InChI=1S/C25H18BrN3O5/c1-13-9-10-17(11-14(13)2)27-21(15-5-3-6-16(26)12-15)22(25(27)32)28-23(30)18-7-4-8-19(29(33)34)20(18)24(28)31/h3-12,21-22H,1-2H3/t21-,22+/m1/s1. The van der Waals surface area contributed by atoms with Crippen LogP contribution in [0.5, 0.6) is 0 Å². The van der Waals surface area contributed by atoms with Gasteiger partial charge in [-0.25, -0.2) is 0 Å². The molecule has 3 amide bonds. The van der Waals surface area contributed by atoms with Crippen LogP contribution in [0.15, 0.2) is 65.1 Å². The second-order valence-electron chi connectivity index (χ2n) is 8.36. The van der Waals surface area contributed by atoms with Crippen LogP contribution in [0.3, 0.4) is 0 Å². The number of carbonyl (C=O) groups is 3. The first-order valence-electron chi connectivity index (χ1n) is 10.5. The number of amides is 3. The number of β-lactam (4-membered cyclic amide) rings is 1. The van der Waals surface area contributed by atoms with Crippen LogP contribution in [0.25, 0.3) is 0 Å². The van der Waals surface area contributed by atoms with Gasteiger partial charge < -0.3 is 4.90 Å². The van der Waals surface area contributed by atoms with E-state index in [-0.39, 0.29) is 11.1 Å². The molecule has 5 rings (SSSR count). The number of hydrogen-bond acceptors (Lipinski definition) is 5. The Kier molecular flexibility index (Phi) is 5.09. The van der Waals surface area contributed by atoms with E-state index in [0.29, 0.717) is 5.69 Å². The Morgan fingerprint density at radius 3 is 2.26 bits per heavy atom. The highest BCUT2D eigenvalue weighted by molar-refractivity contribution is 9.10. The number of nitro groups is 1. The predicted molar refractivity (Wildman–Crippen MR) is 128 cm³/mol. The minimum atomic E-state index is -1.12. The molecule has 1 saturated heterocycles. The first kappa shape index (κ1) is 22.0. The summed E-state index contributed by atoms with van der Waals surface area (Å²) in [5.74, 6) is -1.96. The molecule has 3 aromatic rings. The molecule has 0 aliphatic carbocycles. The van der Waals surface area contributed by atoms with Crippen molar-refractivity contribution in [2.75, 3.05) is 4.90 Å². The molecule has 0 bridgehead atoms.